The van der Waals surface area contributed by atoms with Crippen molar-refractivity contribution in [2.45, 2.75) is 54.9 Å². The number of hydrogen-bond donors (Lipinski definition) is 0. The van der Waals surface area contributed by atoms with Crippen LogP contribution >= 0.6 is 0 Å². The van der Waals surface area contributed by atoms with Crippen molar-refractivity contribution >= 4 is 11.1 Å². The molecule has 1 aromatic heterocycles. The summed E-state index contributed by atoms with van der Waals surface area (Å²) >= 11 is 0. The molecule has 0 bridgehead atoms. The van der Waals surface area contributed by atoms with E-state index in [1.807, 2.05) is 102 Å². The van der Waals surface area contributed by atoms with Gasteiger partial charge in [0.25, 0.3) is 0 Å². The lowest BCUT2D eigenvalue weighted by molar-refractivity contribution is 1.00. The fourth-order valence-corrected chi connectivity index (χ4v) is 2.49. The summed E-state index contributed by atoms with van der Waals surface area (Å²) in [6.07, 6.45) is 14.7. The summed E-state index contributed by atoms with van der Waals surface area (Å²) in [5.41, 5.74) is 2.86. The number of rotatable bonds is 7. The molecule has 1 aromatic carbocycles. The highest BCUT2D eigenvalue weighted by atomic mass is 15.0. The summed E-state index contributed by atoms with van der Waals surface area (Å²) in [6.45, 7) is 17.9. The van der Waals surface area contributed by atoms with Gasteiger partial charge in [-0.1, -0.05) is 114 Å². The Morgan fingerprint density at radius 2 is 1.37 bits per heavy atom. The largest absolute Gasteiger partial charge is 0.208 e. The monoisotopic (exact) mass is 403 g/mol. The quantitative estimate of drug-likeness (QED) is 0.438. The first-order chi connectivity index (χ1) is 14.7. The molecule has 0 unspecified atom stereocenters. The fourth-order valence-electron chi connectivity index (χ4n) is 2.49. The summed E-state index contributed by atoms with van der Waals surface area (Å²) in [5.74, 6) is 1.98. The average molecular weight is 404 g/mol. The molecule has 160 valence electrons. The van der Waals surface area contributed by atoms with Gasteiger partial charge in [-0.3, -0.25) is 0 Å². The first kappa shape index (κ1) is 26.9. The molecule has 0 atom stereocenters. The van der Waals surface area contributed by atoms with Gasteiger partial charge in [-0.15, -0.1) is 0 Å². The van der Waals surface area contributed by atoms with Crippen molar-refractivity contribution in [3.63, 3.8) is 0 Å². The second-order valence-electron chi connectivity index (χ2n) is 5.60. The van der Waals surface area contributed by atoms with E-state index in [0.717, 1.165) is 23.1 Å². The van der Waals surface area contributed by atoms with Crippen LogP contribution in [-0.2, 0) is 0 Å². The predicted molar refractivity (Wildman–Crippen MR) is 134 cm³/mol. The Morgan fingerprint density at radius 1 is 0.833 bits per heavy atom. The molecule has 3 heteroatoms. The van der Waals surface area contributed by atoms with Crippen molar-refractivity contribution in [2.75, 3.05) is 0 Å². The normalized spacial score (nSPS) is 11.6. The van der Waals surface area contributed by atoms with E-state index in [0.29, 0.717) is 17.5 Å². The molecule has 0 fully saturated rings. The molecule has 1 heterocycles. The fraction of sp³-hybridized carbons (Fsp3) is 0.296. The molecule has 0 N–H and O–H groups in total. The maximum absolute atomic E-state index is 4.72. The third-order valence-electron chi connectivity index (χ3n) is 3.60. The van der Waals surface area contributed by atoms with Crippen LogP contribution in [0.15, 0.2) is 79.4 Å². The molecule has 0 radical (unpaired) electrons. The van der Waals surface area contributed by atoms with Crippen LogP contribution in [0.4, 0.5) is 0 Å². The lowest BCUT2D eigenvalue weighted by atomic mass is 10.1. The molecule has 0 aliphatic carbocycles. The molecule has 0 spiro atoms. The van der Waals surface area contributed by atoms with Crippen LogP contribution in [0, 0.1) is 0 Å². The molecular weight excluding hydrogens is 366 g/mol. The number of allylic oxidation sites excluding steroid dienone is 9. The molecule has 0 saturated heterocycles. The van der Waals surface area contributed by atoms with Gasteiger partial charge in [0.2, 0.25) is 0 Å². The topological polar surface area (TPSA) is 38.7 Å². The Labute approximate surface area is 183 Å². The minimum atomic E-state index is 0.637. The highest BCUT2D eigenvalue weighted by Crippen LogP contribution is 2.22. The van der Waals surface area contributed by atoms with Gasteiger partial charge in [-0.2, -0.15) is 0 Å². The van der Waals surface area contributed by atoms with Gasteiger partial charge in [0.15, 0.2) is 17.5 Å². The summed E-state index contributed by atoms with van der Waals surface area (Å²) < 4.78 is 0. The molecule has 30 heavy (non-hydrogen) atoms. The van der Waals surface area contributed by atoms with Gasteiger partial charge < -0.3 is 0 Å². The zero-order valence-corrected chi connectivity index (χ0v) is 19.7. The lowest BCUT2D eigenvalue weighted by Crippen LogP contribution is -2.04. The third-order valence-corrected chi connectivity index (χ3v) is 3.60. The van der Waals surface area contributed by atoms with Gasteiger partial charge in [-0.05, 0) is 20.3 Å². The zero-order chi connectivity index (χ0) is 22.8. The number of nitrogens with zero attached hydrogens (tertiary/aromatic N) is 3. The van der Waals surface area contributed by atoms with Crippen molar-refractivity contribution < 1.29 is 0 Å². The summed E-state index contributed by atoms with van der Waals surface area (Å²) in [5, 5.41) is 0. The van der Waals surface area contributed by atoms with Crippen LogP contribution < -0.4 is 0 Å². The molecule has 0 amide bonds. The highest BCUT2D eigenvalue weighted by Gasteiger charge is 2.12. The number of aromatic nitrogens is 3. The predicted octanol–water partition coefficient (Wildman–Crippen LogP) is 8.11. The number of benzene rings is 1. The lowest BCUT2D eigenvalue weighted by Gasteiger charge is -2.09. The Bertz CT molecular complexity index is 857. The van der Waals surface area contributed by atoms with E-state index in [4.69, 9.17) is 15.0 Å². The van der Waals surface area contributed by atoms with E-state index in [1.165, 1.54) is 0 Å². The second kappa shape index (κ2) is 16.8. The molecule has 0 aliphatic rings. The zero-order valence-electron chi connectivity index (χ0n) is 19.7. The standard InChI is InChI=1S/C23H25N3.2C2H6/c1-5-12-18(13-6-2)21-24-22(19(14-7-3)15-8-4)26-23(25-21)20-16-10-9-11-17-20;2*1-2/h5-7,9-17H,1,8H2,2-4H3;2*1-2H3/b13-6-,14-7-,18-12+,19-15+;;. The van der Waals surface area contributed by atoms with Crippen molar-refractivity contribution in [1.29, 1.82) is 0 Å². The minimum absolute atomic E-state index is 0.637. The van der Waals surface area contributed by atoms with E-state index in [-0.39, 0.29) is 0 Å². The van der Waals surface area contributed by atoms with Crippen LogP contribution in [0.2, 0.25) is 0 Å². The van der Waals surface area contributed by atoms with Gasteiger partial charge in [-0.25, -0.2) is 15.0 Å². The summed E-state index contributed by atoms with van der Waals surface area (Å²) in [4.78, 5) is 14.2. The Balaban J connectivity index is 0.00000198. The van der Waals surface area contributed by atoms with E-state index in [2.05, 4.69) is 19.6 Å². The van der Waals surface area contributed by atoms with E-state index in [1.54, 1.807) is 6.08 Å². The van der Waals surface area contributed by atoms with Crippen molar-refractivity contribution in [2.24, 2.45) is 0 Å². The summed E-state index contributed by atoms with van der Waals surface area (Å²) in [7, 11) is 0. The Kier molecular flexibility index (Phi) is 15.1. The van der Waals surface area contributed by atoms with Gasteiger partial charge >= 0.3 is 0 Å². The molecule has 2 aromatic rings. The second-order valence-corrected chi connectivity index (χ2v) is 5.60. The maximum atomic E-state index is 4.72. The van der Waals surface area contributed by atoms with Crippen molar-refractivity contribution in [3.8, 4) is 11.4 Å². The average Bonchev–Trinajstić information content (AvgIpc) is 2.82. The van der Waals surface area contributed by atoms with Crippen LogP contribution in [-0.4, -0.2) is 15.0 Å². The van der Waals surface area contributed by atoms with Crippen LogP contribution in [0.5, 0.6) is 0 Å². The van der Waals surface area contributed by atoms with E-state index < -0.39 is 0 Å². The van der Waals surface area contributed by atoms with Crippen LogP contribution in [0.3, 0.4) is 0 Å². The minimum Gasteiger partial charge on any atom is -0.208 e. The summed E-state index contributed by atoms with van der Waals surface area (Å²) in [6, 6.07) is 9.97. The first-order valence-corrected chi connectivity index (χ1v) is 10.8. The van der Waals surface area contributed by atoms with Gasteiger partial charge in [0.05, 0.1) is 0 Å². The van der Waals surface area contributed by atoms with Gasteiger partial charge in [0, 0.05) is 16.7 Å². The third kappa shape index (κ3) is 8.52. The highest BCUT2D eigenvalue weighted by molar-refractivity contribution is 5.75. The SMILES string of the molecule is C=C/C=C(\C=C/C)c1nc(C(/C=C\C)=C/CC)nc(-c2ccccc2)n1.CC.CC. The van der Waals surface area contributed by atoms with Crippen molar-refractivity contribution in [3.05, 3.63) is 91.1 Å². The van der Waals surface area contributed by atoms with Gasteiger partial charge in [0.1, 0.15) is 0 Å². The Morgan fingerprint density at radius 3 is 1.87 bits per heavy atom. The van der Waals surface area contributed by atoms with E-state index in [9.17, 15) is 0 Å². The Hall–Kier alpha value is -3.07. The molecule has 3 nitrogen and oxygen atoms in total. The first-order valence-electron chi connectivity index (χ1n) is 10.8. The molecule has 2 rings (SSSR count). The van der Waals surface area contributed by atoms with E-state index >= 15 is 0 Å². The van der Waals surface area contributed by atoms with Crippen LogP contribution in [0.25, 0.3) is 22.5 Å². The molecule has 0 saturated carbocycles. The van der Waals surface area contributed by atoms with Crippen LogP contribution in [0.1, 0.15) is 66.5 Å². The molecule has 0 aliphatic heterocycles. The molecular formula is C27H37N3. The number of hydrogen-bond acceptors (Lipinski definition) is 3. The maximum Gasteiger partial charge on any atom is 0.164 e. The van der Waals surface area contributed by atoms with Crippen molar-refractivity contribution in [1.82, 2.24) is 15.0 Å². The smallest absolute Gasteiger partial charge is 0.164 e.